The van der Waals surface area contributed by atoms with E-state index in [4.69, 9.17) is 18.6 Å². The zero-order chi connectivity index (χ0) is 19.7. The lowest BCUT2D eigenvalue weighted by molar-refractivity contribution is -0.932. The van der Waals surface area contributed by atoms with Crippen molar-refractivity contribution in [1.82, 2.24) is 0 Å². The van der Waals surface area contributed by atoms with Gasteiger partial charge < -0.3 is 18.6 Å². The largest absolute Gasteiger partial charge is 0.493 e. The number of fused-ring (bicyclic) bond motifs is 3. The minimum atomic E-state index is -0.323. The number of nitrogens with one attached hydrogen (secondary N) is 1. The van der Waals surface area contributed by atoms with Gasteiger partial charge in [-0.2, -0.15) is 0 Å². The molecule has 0 saturated heterocycles. The number of methoxy groups -OCH3 is 2. The van der Waals surface area contributed by atoms with Gasteiger partial charge in [-0.05, 0) is 42.3 Å². The number of hydrogen-bond acceptors (Lipinski definition) is 5. The molecule has 3 aromatic rings. The van der Waals surface area contributed by atoms with Gasteiger partial charge in [0.25, 0.3) is 0 Å². The average molecular weight is 382 g/mol. The number of quaternary nitrogens is 1. The molecule has 0 bridgehead atoms. The van der Waals surface area contributed by atoms with Crippen LogP contribution in [0.1, 0.15) is 16.7 Å². The molecular formula is C22H24NO5+. The van der Waals surface area contributed by atoms with Crippen molar-refractivity contribution in [3.8, 4) is 17.2 Å². The van der Waals surface area contributed by atoms with Crippen LogP contribution in [0.2, 0.25) is 0 Å². The molecule has 6 nitrogen and oxygen atoms in total. The van der Waals surface area contributed by atoms with Crippen molar-refractivity contribution in [2.75, 3.05) is 27.5 Å². The Hall–Kier alpha value is -2.99. The van der Waals surface area contributed by atoms with Crippen molar-refractivity contribution in [3.05, 3.63) is 63.5 Å². The third-order valence-electron chi connectivity index (χ3n) is 5.25. The quantitative estimate of drug-likeness (QED) is 0.685. The molecule has 1 unspecified atom stereocenters. The first-order chi connectivity index (χ1) is 13.6. The lowest BCUT2D eigenvalue weighted by Gasteiger charge is -2.26. The fourth-order valence-electron chi connectivity index (χ4n) is 3.72. The first kappa shape index (κ1) is 18.4. The fraction of sp³-hybridized carbons (Fsp3) is 0.318. The Morgan fingerprint density at radius 2 is 1.89 bits per heavy atom. The minimum absolute atomic E-state index is 0.323. The molecule has 6 heteroatoms. The monoisotopic (exact) mass is 382 g/mol. The van der Waals surface area contributed by atoms with Crippen molar-refractivity contribution in [3.63, 3.8) is 0 Å². The zero-order valence-corrected chi connectivity index (χ0v) is 16.3. The molecule has 0 aliphatic carbocycles. The van der Waals surface area contributed by atoms with Gasteiger partial charge in [0.2, 0.25) is 6.73 Å². The summed E-state index contributed by atoms with van der Waals surface area (Å²) >= 11 is 0. The maximum atomic E-state index is 11.9. The highest BCUT2D eigenvalue weighted by molar-refractivity contribution is 5.84. The highest BCUT2D eigenvalue weighted by Gasteiger charge is 2.24. The molecule has 146 valence electrons. The lowest BCUT2D eigenvalue weighted by Crippen LogP contribution is -3.12. The summed E-state index contributed by atoms with van der Waals surface area (Å²) in [4.78, 5) is 13.1. The summed E-state index contributed by atoms with van der Waals surface area (Å²) in [7, 11) is 3.28. The van der Waals surface area contributed by atoms with E-state index >= 15 is 0 Å². The molecule has 28 heavy (non-hydrogen) atoms. The average Bonchev–Trinajstić information content (AvgIpc) is 2.71. The Labute approximate surface area is 163 Å². The van der Waals surface area contributed by atoms with E-state index in [0.717, 1.165) is 53.3 Å². The predicted octanol–water partition coefficient (Wildman–Crippen LogP) is 2.10. The van der Waals surface area contributed by atoms with Gasteiger partial charge in [0.1, 0.15) is 12.3 Å². The van der Waals surface area contributed by atoms with E-state index in [9.17, 15) is 4.79 Å². The predicted molar refractivity (Wildman–Crippen MR) is 105 cm³/mol. The Kier molecular flexibility index (Phi) is 4.96. The Morgan fingerprint density at radius 3 is 2.68 bits per heavy atom. The van der Waals surface area contributed by atoms with Crippen molar-refractivity contribution >= 4 is 11.0 Å². The molecule has 2 aromatic carbocycles. The van der Waals surface area contributed by atoms with E-state index in [1.807, 2.05) is 31.2 Å². The number of benzene rings is 2. The van der Waals surface area contributed by atoms with Crippen LogP contribution >= 0.6 is 0 Å². The molecule has 1 N–H and O–H groups in total. The molecule has 2 heterocycles. The van der Waals surface area contributed by atoms with Gasteiger partial charge in [-0.15, -0.1) is 0 Å². The summed E-state index contributed by atoms with van der Waals surface area (Å²) in [6, 6.07) is 11.4. The van der Waals surface area contributed by atoms with E-state index in [1.165, 1.54) is 16.5 Å². The van der Waals surface area contributed by atoms with Crippen molar-refractivity contribution < 1.29 is 23.5 Å². The van der Waals surface area contributed by atoms with E-state index < -0.39 is 0 Å². The molecular weight excluding hydrogens is 358 g/mol. The summed E-state index contributed by atoms with van der Waals surface area (Å²) in [6.45, 7) is 4.16. The molecule has 4 rings (SSSR count). The van der Waals surface area contributed by atoms with Crippen LogP contribution in [0.4, 0.5) is 0 Å². The van der Waals surface area contributed by atoms with E-state index in [1.54, 1.807) is 14.2 Å². The molecule has 1 aliphatic rings. The van der Waals surface area contributed by atoms with Gasteiger partial charge in [-0.25, -0.2) is 4.79 Å². The zero-order valence-electron chi connectivity index (χ0n) is 16.3. The van der Waals surface area contributed by atoms with E-state index in [2.05, 4.69) is 6.07 Å². The second-order valence-corrected chi connectivity index (χ2v) is 7.07. The third-order valence-corrected chi connectivity index (χ3v) is 5.25. The summed E-state index contributed by atoms with van der Waals surface area (Å²) in [5.41, 5.74) is 3.39. The maximum absolute atomic E-state index is 11.9. The van der Waals surface area contributed by atoms with Gasteiger partial charge in [0.05, 0.1) is 26.3 Å². The Balaban J connectivity index is 1.54. The maximum Gasteiger partial charge on any atom is 0.336 e. The van der Waals surface area contributed by atoms with Crippen LogP contribution in [0.5, 0.6) is 17.2 Å². The highest BCUT2D eigenvalue weighted by Crippen LogP contribution is 2.30. The van der Waals surface area contributed by atoms with E-state index in [0.29, 0.717) is 12.3 Å². The van der Waals surface area contributed by atoms with Gasteiger partial charge in [0.15, 0.2) is 17.1 Å². The SMILES string of the molecule is COc1ccc(CC[NH+]2COc3ccc4c(C)cc(=O)oc4c3C2)cc1OC. The Bertz CT molecular complexity index is 1070. The number of rotatable bonds is 5. The summed E-state index contributed by atoms with van der Waals surface area (Å²) in [5.74, 6) is 2.26. The fourth-order valence-corrected chi connectivity index (χ4v) is 3.72. The van der Waals surface area contributed by atoms with Gasteiger partial charge in [-0.3, -0.25) is 4.90 Å². The number of hydrogen-bond donors (Lipinski definition) is 1. The minimum Gasteiger partial charge on any atom is -0.493 e. The lowest BCUT2D eigenvalue weighted by atomic mass is 10.0. The van der Waals surface area contributed by atoms with Crippen LogP contribution in [-0.4, -0.2) is 27.5 Å². The molecule has 1 aromatic heterocycles. The Morgan fingerprint density at radius 1 is 1.07 bits per heavy atom. The summed E-state index contributed by atoms with van der Waals surface area (Å²) in [5, 5.41) is 0.961. The topological polar surface area (TPSA) is 62.3 Å². The second kappa shape index (κ2) is 7.56. The van der Waals surface area contributed by atoms with Crippen LogP contribution in [0, 0.1) is 6.92 Å². The molecule has 1 atom stereocenters. The normalized spacial score (nSPS) is 15.8. The standard InChI is InChI=1S/C22H23NO5/c1-14-10-21(24)28-22-16(14)5-7-18-17(22)12-23(13-27-18)9-8-15-4-6-19(25-2)20(11-15)26-3/h4-7,10-11H,8-9,12-13H2,1-3H3/p+1. The molecule has 0 amide bonds. The smallest absolute Gasteiger partial charge is 0.336 e. The molecule has 0 fully saturated rings. The molecule has 1 aliphatic heterocycles. The van der Waals surface area contributed by atoms with Gasteiger partial charge >= 0.3 is 5.63 Å². The van der Waals surface area contributed by atoms with E-state index in [-0.39, 0.29) is 5.63 Å². The second-order valence-electron chi connectivity index (χ2n) is 7.07. The molecule has 0 radical (unpaired) electrons. The van der Waals surface area contributed by atoms with Crippen LogP contribution in [-0.2, 0) is 13.0 Å². The van der Waals surface area contributed by atoms with Crippen molar-refractivity contribution in [2.45, 2.75) is 19.9 Å². The summed E-state index contributed by atoms with van der Waals surface area (Å²) < 4.78 is 22.2. The summed E-state index contributed by atoms with van der Waals surface area (Å²) in [6.07, 6.45) is 0.877. The first-order valence-corrected chi connectivity index (χ1v) is 9.32. The van der Waals surface area contributed by atoms with Crippen molar-refractivity contribution in [1.29, 1.82) is 0 Å². The van der Waals surface area contributed by atoms with Crippen molar-refractivity contribution in [2.24, 2.45) is 0 Å². The third kappa shape index (κ3) is 3.43. The molecule has 0 spiro atoms. The highest BCUT2D eigenvalue weighted by atomic mass is 16.5. The van der Waals surface area contributed by atoms with Crippen LogP contribution in [0.25, 0.3) is 11.0 Å². The van der Waals surface area contributed by atoms with Gasteiger partial charge in [0, 0.05) is 17.9 Å². The first-order valence-electron chi connectivity index (χ1n) is 9.32. The van der Waals surface area contributed by atoms with Crippen LogP contribution < -0.4 is 24.7 Å². The van der Waals surface area contributed by atoms with Crippen LogP contribution in [0.15, 0.2) is 45.6 Å². The van der Waals surface area contributed by atoms with Gasteiger partial charge in [-0.1, -0.05) is 6.07 Å². The molecule has 0 saturated carbocycles. The number of ether oxygens (including phenoxy) is 3. The van der Waals surface area contributed by atoms with Crippen LogP contribution in [0.3, 0.4) is 0 Å². The number of aryl methyl sites for hydroxylation is 1.